The van der Waals surface area contributed by atoms with Crippen LogP contribution in [0.5, 0.6) is 0 Å². The fourth-order valence-corrected chi connectivity index (χ4v) is 1.71. The third-order valence-electron chi connectivity index (χ3n) is 2.66. The topological polar surface area (TPSA) is 73.2 Å². The summed E-state index contributed by atoms with van der Waals surface area (Å²) in [7, 11) is 0. The number of ether oxygens (including phenoxy) is 1. The lowest BCUT2D eigenvalue weighted by Gasteiger charge is -2.41. The van der Waals surface area contributed by atoms with Crippen molar-refractivity contribution in [1.29, 1.82) is 0 Å². The number of rotatable bonds is 5. The van der Waals surface area contributed by atoms with E-state index in [4.69, 9.17) is 0 Å². The van der Waals surface area contributed by atoms with Crippen molar-refractivity contribution in [3.8, 4) is 0 Å². The van der Waals surface area contributed by atoms with Gasteiger partial charge in [0.2, 0.25) is 0 Å². The number of aliphatic hydroxyl groups excluding tert-OH is 2. The van der Waals surface area contributed by atoms with Crippen LogP contribution in [0.2, 0.25) is 0 Å². The van der Waals surface area contributed by atoms with Gasteiger partial charge in [0, 0.05) is 19.6 Å². The fourth-order valence-electron chi connectivity index (χ4n) is 1.71. The summed E-state index contributed by atoms with van der Waals surface area (Å²) in [6, 6.07) is 0. The van der Waals surface area contributed by atoms with Gasteiger partial charge in [0.15, 0.2) is 0 Å². The van der Waals surface area contributed by atoms with Crippen molar-refractivity contribution >= 4 is 6.47 Å². The van der Waals surface area contributed by atoms with Gasteiger partial charge in [0.25, 0.3) is 6.47 Å². The third kappa shape index (κ3) is 3.13. The van der Waals surface area contributed by atoms with E-state index in [1.165, 1.54) is 0 Å². The van der Waals surface area contributed by atoms with E-state index in [0.29, 0.717) is 32.7 Å². The molecule has 6 nitrogen and oxygen atoms in total. The molecule has 0 spiro atoms. The number of hydrogen-bond donors (Lipinski definition) is 2. The minimum absolute atomic E-state index is 0.236. The van der Waals surface area contributed by atoms with E-state index in [-0.39, 0.29) is 6.61 Å². The van der Waals surface area contributed by atoms with Crippen LogP contribution in [0.1, 0.15) is 6.92 Å². The molecule has 88 valence electrons. The molecule has 1 heterocycles. The van der Waals surface area contributed by atoms with Crippen molar-refractivity contribution < 1.29 is 19.7 Å². The van der Waals surface area contributed by atoms with Crippen LogP contribution < -0.4 is 0 Å². The molecule has 0 aromatic heterocycles. The van der Waals surface area contributed by atoms with Crippen molar-refractivity contribution in [2.75, 3.05) is 32.8 Å². The maximum atomic E-state index is 9.93. The fraction of sp³-hybridized carbons (Fsp3) is 0.889. The first-order valence-corrected chi connectivity index (χ1v) is 5.10. The largest absolute Gasteiger partial charge is 0.467 e. The monoisotopic (exact) mass is 218 g/mol. The summed E-state index contributed by atoms with van der Waals surface area (Å²) in [5, 5.41) is 19.4. The van der Waals surface area contributed by atoms with Crippen molar-refractivity contribution in [3.05, 3.63) is 0 Å². The highest BCUT2D eigenvalue weighted by Crippen LogP contribution is 2.12. The quantitative estimate of drug-likeness (QED) is 0.429. The molecule has 0 aliphatic carbocycles. The lowest BCUT2D eigenvalue weighted by Crippen LogP contribution is -2.59. The molecule has 0 radical (unpaired) electrons. The zero-order valence-electron chi connectivity index (χ0n) is 8.87. The molecule has 2 N–H and O–H groups in total. The molecular weight excluding hydrogens is 200 g/mol. The first-order chi connectivity index (χ1) is 7.20. The average molecular weight is 218 g/mol. The van der Waals surface area contributed by atoms with Gasteiger partial charge < -0.3 is 14.9 Å². The van der Waals surface area contributed by atoms with Gasteiger partial charge in [0.05, 0.1) is 0 Å². The third-order valence-corrected chi connectivity index (χ3v) is 2.66. The van der Waals surface area contributed by atoms with Gasteiger partial charge in [-0.25, -0.2) is 0 Å². The molecular formula is C9H18N2O4. The second-order valence-electron chi connectivity index (χ2n) is 3.46. The van der Waals surface area contributed by atoms with Crippen LogP contribution in [0.4, 0.5) is 0 Å². The second kappa shape index (κ2) is 6.02. The molecule has 6 heteroatoms. The molecule has 2 atom stereocenters. The Balaban J connectivity index is 2.38. The van der Waals surface area contributed by atoms with Crippen LogP contribution >= 0.6 is 0 Å². The van der Waals surface area contributed by atoms with Crippen LogP contribution in [-0.4, -0.2) is 71.7 Å². The summed E-state index contributed by atoms with van der Waals surface area (Å²) < 4.78 is 4.54. The summed E-state index contributed by atoms with van der Waals surface area (Å²) >= 11 is 0. The van der Waals surface area contributed by atoms with E-state index >= 15 is 0 Å². The first kappa shape index (κ1) is 12.4. The molecule has 0 aromatic carbocycles. The summed E-state index contributed by atoms with van der Waals surface area (Å²) in [6.45, 7) is 5.06. The zero-order chi connectivity index (χ0) is 11.3. The number of nitrogens with zero attached hydrogens (tertiary/aromatic N) is 2. The number of carbonyl (C=O) groups is 1. The Morgan fingerprint density at radius 3 is 2.53 bits per heavy atom. The molecule has 0 bridgehead atoms. The number of likely N-dealkylation sites (N-methyl/N-ethyl adjacent to an activating group) is 1. The smallest absolute Gasteiger partial charge is 0.293 e. The Hall–Kier alpha value is -0.690. The number of piperazine rings is 1. The van der Waals surface area contributed by atoms with Crippen molar-refractivity contribution in [2.24, 2.45) is 0 Å². The van der Waals surface area contributed by atoms with Crippen LogP contribution in [0.3, 0.4) is 0 Å². The highest BCUT2D eigenvalue weighted by Gasteiger charge is 2.32. The predicted octanol–water partition coefficient (Wildman–Crippen LogP) is -1.57. The number of aliphatic hydroxyl groups is 2. The van der Waals surface area contributed by atoms with Crippen molar-refractivity contribution in [3.63, 3.8) is 0 Å². The molecule has 0 aromatic rings. The van der Waals surface area contributed by atoms with E-state index in [2.05, 4.69) is 4.74 Å². The van der Waals surface area contributed by atoms with E-state index in [9.17, 15) is 15.0 Å². The average Bonchev–Trinajstić information content (AvgIpc) is 2.25. The predicted molar refractivity (Wildman–Crippen MR) is 52.8 cm³/mol. The van der Waals surface area contributed by atoms with Gasteiger partial charge in [0.1, 0.15) is 19.1 Å². The van der Waals surface area contributed by atoms with E-state index in [1.807, 2.05) is 6.92 Å². The maximum absolute atomic E-state index is 9.93. The van der Waals surface area contributed by atoms with Crippen LogP contribution in [-0.2, 0) is 9.53 Å². The minimum atomic E-state index is -0.908. The Kier molecular flexibility index (Phi) is 4.97. The lowest BCUT2D eigenvalue weighted by atomic mass is 10.2. The van der Waals surface area contributed by atoms with Crippen molar-refractivity contribution in [1.82, 2.24) is 9.80 Å². The van der Waals surface area contributed by atoms with E-state index in [0.717, 1.165) is 0 Å². The van der Waals surface area contributed by atoms with Gasteiger partial charge in [-0.3, -0.25) is 14.6 Å². The normalized spacial score (nSPS) is 29.0. The Bertz CT molecular complexity index is 203. The Morgan fingerprint density at radius 1 is 1.33 bits per heavy atom. The SMILES string of the molecule is CCN1CCN(CCOC=O)C(O)C1O. The van der Waals surface area contributed by atoms with E-state index < -0.39 is 12.5 Å². The molecule has 1 aliphatic rings. The zero-order valence-corrected chi connectivity index (χ0v) is 8.87. The number of carbonyl (C=O) groups excluding carboxylic acids is 1. The first-order valence-electron chi connectivity index (χ1n) is 5.10. The van der Waals surface area contributed by atoms with Crippen LogP contribution in [0.15, 0.2) is 0 Å². The van der Waals surface area contributed by atoms with Crippen LogP contribution in [0, 0.1) is 0 Å². The molecule has 0 saturated carbocycles. The standard InChI is InChI=1S/C9H18N2O4/c1-2-10-3-4-11(5-6-15-7-12)9(14)8(10)13/h7-9,13-14H,2-6H2,1H3. The molecule has 2 unspecified atom stereocenters. The minimum Gasteiger partial charge on any atom is -0.467 e. The highest BCUT2D eigenvalue weighted by molar-refractivity contribution is 5.36. The molecule has 1 aliphatic heterocycles. The highest BCUT2D eigenvalue weighted by atomic mass is 16.5. The van der Waals surface area contributed by atoms with E-state index in [1.54, 1.807) is 9.80 Å². The summed E-state index contributed by atoms with van der Waals surface area (Å²) in [5.41, 5.74) is 0. The van der Waals surface area contributed by atoms with Crippen LogP contribution in [0.25, 0.3) is 0 Å². The van der Waals surface area contributed by atoms with Gasteiger partial charge in [-0.1, -0.05) is 6.92 Å². The molecule has 1 saturated heterocycles. The summed E-state index contributed by atoms with van der Waals surface area (Å²) in [5.74, 6) is 0. The molecule has 1 fully saturated rings. The van der Waals surface area contributed by atoms with Gasteiger partial charge in [-0.2, -0.15) is 0 Å². The molecule has 1 rings (SSSR count). The number of hydrogen-bond acceptors (Lipinski definition) is 6. The Labute approximate surface area is 89.0 Å². The lowest BCUT2D eigenvalue weighted by molar-refractivity contribution is -0.179. The van der Waals surface area contributed by atoms with Gasteiger partial charge in [-0.15, -0.1) is 0 Å². The van der Waals surface area contributed by atoms with Crippen molar-refractivity contribution in [2.45, 2.75) is 19.4 Å². The van der Waals surface area contributed by atoms with Gasteiger partial charge >= 0.3 is 0 Å². The summed E-state index contributed by atoms with van der Waals surface area (Å²) in [4.78, 5) is 13.4. The summed E-state index contributed by atoms with van der Waals surface area (Å²) in [6.07, 6.45) is -1.77. The maximum Gasteiger partial charge on any atom is 0.293 e. The Morgan fingerprint density at radius 2 is 1.93 bits per heavy atom. The second-order valence-corrected chi connectivity index (χ2v) is 3.46. The molecule has 0 amide bonds. The van der Waals surface area contributed by atoms with Gasteiger partial charge in [-0.05, 0) is 6.54 Å². The molecule has 15 heavy (non-hydrogen) atoms.